The van der Waals surface area contributed by atoms with Crippen LogP contribution in [0.5, 0.6) is 0 Å². The zero-order chi connectivity index (χ0) is 8.04. The van der Waals surface area contributed by atoms with Crippen LogP contribution in [0.15, 0.2) is 0 Å². The highest BCUT2D eigenvalue weighted by Crippen LogP contribution is 2.04. The maximum absolute atomic E-state index is 5.25. The summed E-state index contributed by atoms with van der Waals surface area (Å²) in [5.74, 6) is 0. The van der Waals surface area contributed by atoms with E-state index in [9.17, 15) is 0 Å². The third kappa shape index (κ3) is 3.28. The van der Waals surface area contributed by atoms with E-state index in [4.69, 9.17) is 19.0 Å². The van der Waals surface area contributed by atoms with Crippen LogP contribution in [0.4, 0.5) is 0 Å². The van der Waals surface area contributed by atoms with E-state index in [1.165, 1.54) is 0 Å². The molecule has 4 nitrogen and oxygen atoms in total. The molecule has 2 N–H and O–H groups in total. The second-order valence-electron chi connectivity index (χ2n) is 1.91. The first-order valence-corrected chi connectivity index (χ1v) is 5.35. The molecule has 0 saturated heterocycles. The van der Waals surface area contributed by atoms with Crippen molar-refractivity contribution in [2.75, 3.05) is 27.4 Å². The summed E-state index contributed by atoms with van der Waals surface area (Å²) in [5, 5.41) is 0. The molecule has 0 amide bonds. The lowest BCUT2D eigenvalue weighted by atomic mass is 10.8. The summed E-state index contributed by atoms with van der Waals surface area (Å²) in [6, 6.07) is 0. The third-order valence-corrected chi connectivity index (χ3v) is 3.44. The molecule has 0 heterocycles. The Kier molecular flexibility index (Phi) is 4.84. The van der Waals surface area contributed by atoms with Crippen molar-refractivity contribution < 1.29 is 13.3 Å². The Morgan fingerprint density at radius 1 is 1.30 bits per heavy atom. The molecule has 0 aromatic rings. The quantitative estimate of drug-likeness (QED) is 0.574. The van der Waals surface area contributed by atoms with Gasteiger partial charge in [-0.25, -0.2) is 0 Å². The van der Waals surface area contributed by atoms with Crippen molar-refractivity contribution in [3.63, 3.8) is 0 Å². The van der Waals surface area contributed by atoms with E-state index in [-0.39, 0.29) is 0 Å². The van der Waals surface area contributed by atoms with Crippen LogP contribution < -0.4 is 5.73 Å². The van der Waals surface area contributed by atoms with Gasteiger partial charge in [-0.1, -0.05) is 0 Å². The van der Waals surface area contributed by atoms with E-state index in [2.05, 4.69) is 0 Å². The minimum absolute atomic E-state index is 0.490. The minimum atomic E-state index is -2.30. The average molecular weight is 165 g/mol. The number of hydrogen-bond acceptors (Lipinski definition) is 4. The lowest BCUT2D eigenvalue weighted by Gasteiger charge is -2.21. The van der Waals surface area contributed by atoms with E-state index in [0.29, 0.717) is 13.2 Å². The van der Waals surface area contributed by atoms with Gasteiger partial charge in [0, 0.05) is 27.3 Å². The molecule has 5 heteroatoms. The van der Waals surface area contributed by atoms with Crippen molar-refractivity contribution in [2.45, 2.75) is 6.55 Å². The van der Waals surface area contributed by atoms with E-state index >= 15 is 0 Å². The summed E-state index contributed by atoms with van der Waals surface area (Å²) in [6.45, 7) is 2.81. The summed E-state index contributed by atoms with van der Waals surface area (Å²) in [7, 11) is 0.853. The monoisotopic (exact) mass is 165 g/mol. The molecule has 0 aromatic carbocycles. The SMILES string of the molecule is CO[Si](C)(OC)OCCN. The van der Waals surface area contributed by atoms with Gasteiger partial charge in [0.1, 0.15) is 0 Å². The number of hydrogen-bond donors (Lipinski definition) is 1. The fourth-order valence-corrected chi connectivity index (χ4v) is 1.34. The maximum Gasteiger partial charge on any atom is 0.497 e. The molecule has 0 aliphatic heterocycles. The Morgan fingerprint density at radius 2 is 1.80 bits per heavy atom. The molecule has 0 aromatic heterocycles. The Morgan fingerprint density at radius 3 is 2.10 bits per heavy atom. The van der Waals surface area contributed by atoms with Gasteiger partial charge in [-0.2, -0.15) is 0 Å². The molecule has 0 fully saturated rings. The Balaban J connectivity index is 3.58. The van der Waals surface area contributed by atoms with Crippen LogP contribution in [0, 0.1) is 0 Å². The predicted molar refractivity (Wildman–Crippen MR) is 40.6 cm³/mol. The van der Waals surface area contributed by atoms with E-state index in [1.54, 1.807) is 14.2 Å². The lowest BCUT2D eigenvalue weighted by Crippen LogP contribution is -2.41. The Hall–Kier alpha value is 0.0569. The van der Waals surface area contributed by atoms with Crippen LogP contribution in [0.1, 0.15) is 0 Å². The van der Waals surface area contributed by atoms with Crippen molar-refractivity contribution in [2.24, 2.45) is 5.73 Å². The topological polar surface area (TPSA) is 53.7 Å². The van der Waals surface area contributed by atoms with Crippen LogP contribution in [0.3, 0.4) is 0 Å². The van der Waals surface area contributed by atoms with Gasteiger partial charge in [-0.3, -0.25) is 0 Å². The summed E-state index contributed by atoms with van der Waals surface area (Å²) < 4.78 is 15.3. The largest absolute Gasteiger partial charge is 0.497 e. The maximum atomic E-state index is 5.25. The normalized spacial score (nSPS) is 12.0. The summed E-state index contributed by atoms with van der Waals surface area (Å²) in [6.07, 6.45) is 0. The van der Waals surface area contributed by atoms with Gasteiger partial charge in [0.2, 0.25) is 0 Å². The summed E-state index contributed by atoms with van der Waals surface area (Å²) in [4.78, 5) is 0. The molecule has 0 aliphatic carbocycles. The van der Waals surface area contributed by atoms with Crippen molar-refractivity contribution in [3.05, 3.63) is 0 Å². The molecule has 0 rings (SSSR count). The molecule has 0 aliphatic rings. The molecule has 0 saturated carbocycles. The first-order valence-electron chi connectivity index (χ1n) is 3.13. The molecule has 0 spiro atoms. The molecule has 0 atom stereocenters. The number of nitrogens with two attached hydrogens (primary N) is 1. The standard InChI is InChI=1S/C5H15NO3Si/c1-7-10(3,8-2)9-5-4-6/h4-6H2,1-3H3. The number of rotatable bonds is 5. The van der Waals surface area contributed by atoms with Gasteiger partial charge in [-0.05, 0) is 0 Å². The minimum Gasteiger partial charge on any atom is -0.377 e. The van der Waals surface area contributed by atoms with Gasteiger partial charge in [0.25, 0.3) is 0 Å². The average Bonchev–Trinajstić information content (AvgIpc) is 2.00. The predicted octanol–water partition coefficient (Wildman–Crippen LogP) is -0.177. The lowest BCUT2D eigenvalue weighted by molar-refractivity contribution is 0.109. The van der Waals surface area contributed by atoms with Gasteiger partial charge in [-0.15, -0.1) is 0 Å². The van der Waals surface area contributed by atoms with Crippen LogP contribution in [0.25, 0.3) is 0 Å². The summed E-state index contributed by atoms with van der Waals surface area (Å²) >= 11 is 0. The zero-order valence-corrected chi connectivity index (χ0v) is 7.72. The Labute approximate surface area is 62.6 Å². The van der Waals surface area contributed by atoms with Crippen LogP contribution >= 0.6 is 0 Å². The zero-order valence-electron chi connectivity index (χ0n) is 6.72. The molecular weight excluding hydrogens is 150 g/mol. The van der Waals surface area contributed by atoms with Crippen molar-refractivity contribution in [3.8, 4) is 0 Å². The van der Waals surface area contributed by atoms with Gasteiger partial charge in [0.05, 0.1) is 6.61 Å². The molecule has 0 unspecified atom stereocenters. The second kappa shape index (κ2) is 4.81. The van der Waals surface area contributed by atoms with E-state index < -0.39 is 8.80 Å². The second-order valence-corrected chi connectivity index (χ2v) is 4.74. The Bertz CT molecular complexity index is 87.0. The first-order chi connectivity index (χ1) is 4.68. The van der Waals surface area contributed by atoms with E-state index in [0.717, 1.165) is 0 Å². The summed E-state index contributed by atoms with van der Waals surface area (Å²) in [5.41, 5.74) is 5.23. The first kappa shape index (κ1) is 10.1. The fourth-order valence-electron chi connectivity index (χ4n) is 0.446. The van der Waals surface area contributed by atoms with Crippen LogP contribution in [-0.4, -0.2) is 36.2 Å². The highest BCUT2D eigenvalue weighted by atomic mass is 28.4. The highest BCUT2D eigenvalue weighted by Gasteiger charge is 2.31. The molecule has 0 radical (unpaired) electrons. The van der Waals surface area contributed by atoms with E-state index in [1.807, 2.05) is 6.55 Å². The van der Waals surface area contributed by atoms with Crippen LogP contribution in [-0.2, 0) is 13.3 Å². The van der Waals surface area contributed by atoms with Crippen LogP contribution in [0.2, 0.25) is 6.55 Å². The molecule has 62 valence electrons. The third-order valence-electron chi connectivity index (χ3n) is 1.22. The highest BCUT2D eigenvalue weighted by molar-refractivity contribution is 6.59. The van der Waals surface area contributed by atoms with Crippen molar-refractivity contribution >= 4 is 8.80 Å². The molecule has 0 bridgehead atoms. The fraction of sp³-hybridized carbons (Fsp3) is 1.00. The van der Waals surface area contributed by atoms with Crippen molar-refractivity contribution in [1.29, 1.82) is 0 Å². The van der Waals surface area contributed by atoms with Gasteiger partial charge >= 0.3 is 8.80 Å². The van der Waals surface area contributed by atoms with Crippen molar-refractivity contribution in [1.82, 2.24) is 0 Å². The smallest absolute Gasteiger partial charge is 0.377 e. The van der Waals surface area contributed by atoms with Gasteiger partial charge < -0.3 is 19.0 Å². The molecule has 10 heavy (non-hydrogen) atoms. The van der Waals surface area contributed by atoms with Gasteiger partial charge in [0.15, 0.2) is 0 Å². The molecular formula is C5H15NO3Si.